The first kappa shape index (κ1) is 19.0. The number of amides is 1. The highest BCUT2D eigenvalue weighted by Gasteiger charge is 2.40. The van der Waals surface area contributed by atoms with E-state index in [-0.39, 0.29) is 17.8 Å². The normalized spacial score (nSPS) is 20.0. The van der Waals surface area contributed by atoms with Crippen LogP contribution in [0, 0.1) is 5.82 Å². The number of carbonyl (C=O) groups excluding carboxylic acids is 1. The van der Waals surface area contributed by atoms with Crippen LogP contribution in [-0.4, -0.2) is 43.8 Å². The van der Waals surface area contributed by atoms with E-state index >= 15 is 0 Å². The van der Waals surface area contributed by atoms with Gasteiger partial charge in [-0.25, -0.2) is 9.18 Å². The molecule has 0 aliphatic heterocycles. The number of benzene rings is 1. The fraction of sp³-hybridized carbons (Fsp3) is 0.556. The number of ether oxygens (including phenoxy) is 1. The number of aliphatic imine (C=N–C) groups is 1. The molecule has 1 amide bonds. The minimum absolute atomic E-state index is 0.165. The summed E-state index contributed by atoms with van der Waals surface area (Å²) in [6.07, 6.45) is 0.427. The van der Waals surface area contributed by atoms with E-state index in [4.69, 9.17) is 4.74 Å². The largest absolute Gasteiger partial charge is 0.444 e. The molecular weight excluding hydrogens is 323 g/mol. The molecular formula is C18H27FN4O2. The Balaban J connectivity index is 1.69. The Morgan fingerprint density at radius 2 is 1.96 bits per heavy atom. The van der Waals surface area contributed by atoms with Crippen LogP contribution < -0.4 is 16.0 Å². The Morgan fingerprint density at radius 1 is 1.28 bits per heavy atom. The summed E-state index contributed by atoms with van der Waals surface area (Å²) < 4.78 is 18.9. The van der Waals surface area contributed by atoms with Crippen molar-refractivity contribution in [2.45, 2.75) is 44.8 Å². The summed E-state index contributed by atoms with van der Waals surface area (Å²) >= 11 is 0. The molecule has 1 aromatic carbocycles. The van der Waals surface area contributed by atoms with Crippen LogP contribution in [0.15, 0.2) is 29.3 Å². The number of halogens is 1. The molecule has 1 fully saturated rings. The van der Waals surface area contributed by atoms with E-state index in [1.165, 1.54) is 6.07 Å². The van der Waals surface area contributed by atoms with Gasteiger partial charge in [-0.2, -0.15) is 0 Å². The lowest BCUT2D eigenvalue weighted by Gasteiger charge is -2.20. The van der Waals surface area contributed by atoms with Gasteiger partial charge < -0.3 is 20.7 Å². The molecule has 6 nitrogen and oxygen atoms in total. The van der Waals surface area contributed by atoms with E-state index < -0.39 is 11.7 Å². The molecule has 0 spiro atoms. The van der Waals surface area contributed by atoms with Gasteiger partial charge in [0.05, 0.1) is 0 Å². The van der Waals surface area contributed by atoms with Gasteiger partial charge in [0.25, 0.3) is 0 Å². The van der Waals surface area contributed by atoms with E-state index in [1.807, 2.05) is 32.9 Å². The first-order valence-electron chi connectivity index (χ1n) is 8.48. The van der Waals surface area contributed by atoms with Crippen LogP contribution >= 0.6 is 0 Å². The van der Waals surface area contributed by atoms with Gasteiger partial charge in [0, 0.05) is 32.1 Å². The lowest BCUT2D eigenvalue weighted by atomic mass is 10.1. The second-order valence-electron chi connectivity index (χ2n) is 7.04. The fourth-order valence-corrected chi connectivity index (χ4v) is 2.50. The SMILES string of the molecule is CN=C(NCCNC(=O)OC(C)(C)C)NC1CC1c1ccccc1F. The molecule has 1 aliphatic carbocycles. The van der Waals surface area contributed by atoms with Crippen LogP contribution in [0.3, 0.4) is 0 Å². The third-order valence-corrected chi connectivity index (χ3v) is 3.73. The van der Waals surface area contributed by atoms with Crippen molar-refractivity contribution in [1.82, 2.24) is 16.0 Å². The number of rotatable bonds is 5. The summed E-state index contributed by atoms with van der Waals surface area (Å²) in [4.78, 5) is 15.7. The van der Waals surface area contributed by atoms with Crippen LogP contribution in [0.1, 0.15) is 38.7 Å². The van der Waals surface area contributed by atoms with Crippen LogP contribution in [-0.2, 0) is 4.74 Å². The van der Waals surface area contributed by atoms with Gasteiger partial charge in [-0.05, 0) is 38.8 Å². The number of nitrogens with zero attached hydrogens (tertiary/aromatic N) is 1. The predicted molar refractivity (Wildman–Crippen MR) is 96.3 cm³/mol. The number of hydrogen-bond donors (Lipinski definition) is 3. The van der Waals surface area contributed by atoms with Crippen molar-refractivity contribution in [2.24, 2.45) is 4.99 Å². The maximum Gasteiger partial charge on any atom is 0.407 e. The Bertz CT molecular complexity index is 628. The van der Waals surface area contributed by atoms with E-state index in [9.17, 15) is 9.18 Å². The molecule has 0 aromatic heterocycles. The number of guanidine groups is 1. The lowest BCUT2D eigenvalue weighted by Crippen LogP contribution is -2.43. The zero-order valence-electron chi connectivity index (χ0n) is 15.2. The number of nitrogens with one attached hydrogen (secondary N) is 3. The summed E-state index contributed by atoms with van der Waals surface area (Å²) in [6.45, 7) is 6.38. The average molecular weight is 350 g/mol. The summed E-state index contributed by atoms with van der Waals surface area (Å²) in [7, 11) is 1.68. The Labute approximate surface area is 148 Å². The van der Waals surface area contributed by atoms with Gasteiger partial charge in [0.1, 0.15) is 11.4 Å². The van der Waals surface area contributed by atoms with Crippen molar-refractivity contribution in [3.63, 3.8) is 0 Å². The Morgan fingerprint density at radius 3 is 2.60 bits per heavy atom. The molecule has 3 N–H and O–H groups in total. The zero-order chi connectivity index (χ0) is 18.4. The number of carbonyl (C=O) groups is 1. The van der Waals surface area contributed by atoms with Gasteiger partial charge in [0.2, 0.25) is 0 Å². The summed E-state index contributed by atoms with van der Waals surface area (Å²) in [5.74, 6) is 0.635. The van der Waals surface area contributed by atoms with E-state index in [0.717, 1.165) is 12.0 Å². The van der Waals surface area contributed by atoms with Gasteiger partial charge in [-0.15, -0.1) is 0 Å². The van der Waals surface area contributed by atoms with Crippen molar-refractivity contribution in [2.75, 3.05) is 20.1 Å². The third kappa shape index (κ3) is 6.25. The van der Waals surface area contributed by atoms with Crippen LogP contribution in [0.4, 0.5) is 9.18 Å². The maximum atomic E-state index is 13.8. The van der Waals surface area contributed by atoms with Crippen LogP contribution in [0.2, 0.25) is 0 Å². The minimum Gasteiger partial charge on any atom is -0.444 e. The number of alkyl carbamates (subject to hydrolysis) is 1. The van der Waals surface area contributed by atoms with E-state index in [1.54, 1.807) is 13.1 Å². The van der Waals surface area contributed by atoms with Crippen LogP contribution in [0.25, 0.3) is 0 Å². The standard InChI is InChI=1S/C18H27FN4O2/c1-18(2,3)25-17(24)22-10-9-21-16(20-4)23-15-11-13(15)12-7-5-6-8-14(12)19/h5-8,13,15H,9-11H2,1-4H3,(H,22,24)(H2,20,21,23). The molecule has 25 heavy (non-hydrogen) atoms. The molecule has 1 saturated carbocycles. The van der Waals surface area contributed by atoms with Gasteiger partial charge in [-0.1, -0.05) is 18.2 Å². The zero-order valence-corrected chi connectivity index (χ0v) is 15.2. The first-order chi connectivity index (χ1) is 11.8. The molecule has 7 heteroatoms. The summed E-state index contributed by atoms with van der Waals surface area (Å²) in [6, 6.07) is 7.02. The average Bonchev–Trinajstić information content (AvgIpc) is 3.28. The monoisotopic (exact) mass is 350 g/mol. The smallest absolute Gasteiger partial charge is 0.407 e. The molecule has 1 aromatic rings. The highest BCUT2D eigenvalue weighted by Crippen LogP contribution is 2.41. The minimum atomic E-state index is -0.511. The molecule has 2 rings (SSSR count). The molecule has 138 valence electrons. The number of hydrogen-bond acceptors (Lipinski definition) is 3. The summed E-state index contributed by atoms with van der Waals surface area (Å²) in [5.41, 5.74) is 0.227. The molecule has 0 bridgehead atoms. The second-order valence-corrected chi connectivity index (χ2v) is 7.04. The molecule has 2 unspecified atom stereocenters. The molecule has 0 heterocycles. The molecule has 1 aliphatic rings. The first-order valence-corrected chi connectivity index (χ1v) is 8.48. The highest BCUT2D eigenvalue weighted by atomic mass is 19.1. The Hall–Kier alpha value is -2.31. The van der Waals surface area contributed by atoms with Gasteiger partial charge in [-0.3, -0.25) is 4.99 Å². The lowest BCUT2D eigenvalue weighted by molar-refractivity contribution is 0.0529. The van der Waals surface area contributed by atoms with E-state index in [0.29, 0.717) is 19.0 Å². The van der Waals surface area contributed by atoms with Crippen LogP contribution in [0.5, 0.6) is 0 Å². The summed E-state index contributed by atoms with van der Waals surface area (Å²) in [5, 5.41) is 9.07. The predicted octanol–water partition coefficient (Wildman–Crippen LogP) is 2.37. The van der Waals surface area contributed by atoms with E-state index in [2.05, 4.69) is 20.9 Å². The second kappa shape index (κ2) is 8.18. The van der Waals surface area contributed by atoms with Gasteiger partial charge >= 0.3 is 6.09 Å². The van der Waals surface area contributed by atoms with Crippen molar-refractivity contribution < 1.29 is 13.9 Å². The molecule has 0 radical (unpaired) electrons. The third-order valence-electron chi connectivity index (χ3n) is 3.73. The fourth-order valence-electron chi connectivity index (χ4n) is 2.50. The Kier molecular flexibility index (Phi) is 6.22. The molecule has 2 atom stereocenters. The highest BCUT2D eigenvalue weighted by molar-refractivity contribution is 5.80. The van der Waals surface area contributed by atoms with Crippen molar-refractivity contribution >= 4 is 12.1 Å². The van der Waals surface area contributed by atoms with Crippen molar-refractivity contribution in [1.29, 1.82) is 0 Å². The van der Waals surface area contributed by atoms with Gasteiger partial charge in [0.15, 0.2) is 5.96 Å². The van der Waals surface area contributed by atoms with Crippen molar-refractivity contribution in [3.8, 4) is 0 Å². The quantitative estimate of drug-likeness (QED) is 0.433. The van der Waals surface area contributed by atoms with Crippen molar-refractivity contribution in [3.05, 3.63) is 35.6 Å². The topological polar surface area (TPSA) is 74.8 Å². The molecule has 0 saturated heterocycles. The maximum absolute atomic E-state index is 13.8.